The van der Waals surface area contributed by atoms with Crippen molar-refractivity contribution in [3.8, 4) is 0 Å². The van der Waals surface area contributed by atoms with Crippen LogP contribution in [0.15, 0.2) is 42.5 Å². The van der Waals surface area contributed by atoms with Crippen LogP contribution in [0, 0.1) is 0 Å². The normalized spacial score (nSPS) is 13.3. The van der Waals surface area contributed by atoms with Crippen LogP contribution in [0.3, 0.4) is 0 Å². The molecule has 3 heteroatoms. The van der Waals surface area contributed by atoms with Crippen LogP contribution in [0.25, 0.3) is 0 Å². The molecule has 1 atom stereocenters. The van der Waals surface area contributed by atoms with Crippen LogP contribution < -0.4 is 0 Å². The van der Waals surface area contributed by atoms with Crippen molar-refractivity contribution in [3.63, 3.8) is 0 Å². The predicted molar refractivity (Wildman–Crippen MR) is 89.3 cm³/mol. The van der Waals surface area contributed by atoms with E-state index in [9.17, 15) is 0 Å². The van der Waals surface area contributed by atoms with E-state index in [2.05, 4.69) is 45.0 Å². The topological polar surface area (TPSA) is 0 Å². The lowest BCUT2D eigenvalue weighted by molar-refractivity contribution is 0.590. The highest BCUT2D eigenvalue weighted by atomic mass is 35.5. The van der Waals surface area contributed by atoms with E-state index in [1.54, 1.807) is 12.1 Å². The van der Waals surface area contributed by atoms with Crippen LogP contribution >= 0.6 is 34.8 Å². The van der Waals surface area contributed by atoms with Gasteiger partial charge in [0.15, 0.2) is 0 Å². The van der Waals surface area contributed by atoms with Gasteiger partial charge in [-0.1, -0.05) is 68.2 Å². The number of hydrogen-bond acceptors (Lipinski definition) is 0. The van der Waals surface area contributed by atoms with Crippen molar-refractivity contribution in [1.29, 1.82) is 0 Å². The zero-order chi connectivity index (χ0) is 14.9. The number of hydrogen-bond donors (Lipinski definition) is 0. The Hall–Kier alpha value is -0.690. The minimum atomic E-state index is -0.296. The Labute approximate surface area is 135 Å². The van der Waals surface area contributed by atoms with E-state index in [-0.39, 0.29) is 10.8 Å². The molecule has 0 heterocycles. The Bertz CT molecular complexity index is 595. The fourth-order valence-electron chi connectivity index (χ4n) is 2.04. The van der Waals surface area contributed by atoms with Gasteiger partial charge >= 0.3 is 0 Å². The van der Waals surface area contributed by atoms with Gasteiger partial charge in [-0.2, -0.15) is 0 Å². The lowest BCUT2D eigenvalue weighted by Gasteiger charge is -2.20. The largest absolute Gasteiger partial charge is 0.113 e. The van der Waals surface area contributed by atoms with Gasteiger partial charge in [-0.15, -0.1) is 11.6 Å². The Morgan fingerprint density at radius 2 is 1.50 bits per heavy atom. The van der Waals surface area contributed by atoms with Crippen molar-refractivity contribution >= 4 is 34.8 Å². The molecule has 0 aliphatic heterocycles. The molecule has 0 aliphatic rings. The fourth-order valence-corrected chi connectivity index (χ4v) is 2.83. The van der Waals surface area contributed by atoms with Crippen molar-refractivity contribution in [2.75, 3.05) is 0 Å². The molecule has 0 bridgehead atoms. The molecule has 1 unspecified atom stereocenters. The van der Waals surface area contributed by atoms with Crippen LogP contribution in [0.4, 0.5) is 0 Å². The summed E-state index contributed by atoms with van der Waals surface area (Å²) in [6.07, 6.45) is 0. The van der Waals surface area contributed by atoms with E-state index in [0.717, 1.165) is 11.1 Å². The third kappa shape index (κ3) is 3.49. The maximum atomic E-state index is 6.53. The van der Waals surface area contributed by atoms with E-state index in [4.69, 9.17) is 34.8 Å². The van der Waals surface area contributed by atoms with Crippen molar-refractivity contribution in [1.82, 2.24) is 0 Å². The van der Waals surface area contributed by atoms with Gasteiger partial charge in [0.2, 0.25) is 0 Å². The molecular formula is C17H17Cl3. The van der Waals surface area contributed by atoms with Crippen molar-refractivity contribution in [2.45, 2.75) is 31.6 Å². The van der Waals surface area contributed by atoms with Crippen molar-refractivity contribution < 1.29 is 0 Å². The second-order valence-electron chi connectivity index (χ2n) is 5.90. The third-order valence-electron chi connectivity index (χ3n) is 3.30. The van der Waals surface area contributed by atoms with Gasteiger partial charge in [-0.25, -0.2) is 0 Å². The summed E-state index contributed by atoms with van der Waals surface area (Å²) < 4.78 is 0. The van der Waals surface area contributed by atoms with Crippen LogP contribution in [0.2, 0.25) is 10.0 Å². The van der Waals surface area contributed by atoms with Crippen molar-refractivity contribution in [2.24, 2.45) is 0 Å². The summed E-state index contributed by atoms with van der Waals surface area (Å²) in [5, 5.41) is 0.978. The second kappa shape index (κ2) is 5.97. The standard InChI is InChI=1S/C17H17Cl3/c1-17(2,3)12-6-4-11(5-7-12)16(20)14-10-13(18)8-9-15(14)19/h4-10,16H,1-3H3. The van der Waals surface area contributed by atoms with E-state index in [1.807, 2.05) is 6.07 Å². The number of alkyl halides is 1. The molecule has 0 N–H and O–H groups in total. The SMILES string of the molecule is CC(C)(C)c1ccc(C(Cl)c2cc(Cl)ccc2Cl)cc1. The second-order valence-corrected chi connectivity index (χ2v) is 7.18. The Kier molecular flexibility index (Phi) is 4.69. The summed E-state index contributed by atoms with van der Waals surface area (Å²) in [6.45, 7) is 6.57. The zero-order valence-electron chi connectivity index (χ0n) is 11.8. The van der Waals surface area contributed by atoms with E-state index in [1.165, 1.54) is 5.56 Å². The molecule has 0 saturated heterocycles. The molecule has 0 nitrogen and oxygen atoms in total. The van der Waals surface area contributed by atoms with Crippen LogP contribution in [-0.2, 0) is 5.41 Å². The van der Waals surface area contributed by atoms with Gasteiger partial charge in [0.25, 0.3) is 0 Å². The Morgan fingerprint density at radius 1 is 0.900 bits per heavy atom. The van der Waals surface area contributed by atoms with Gasteiger partial charge in [0.1, 0.15) is 0 Å². The summed E-state index contributed by atoms with van der Waals surface area (Å²) in [5.41, 5.74) is 3.27. The first-order valence-electron chi connectivity index (χ1n) is 6.48. The highest BCUT2D eigenvalue weighted by molar-refractivity contribution is 6.35. The first kappa shape index (κ1) is 15.7. The first-order chi connectivity index (χ1) is 9.29. The molecular weight excluding hydrogens is 311 g/mol. The maximum absolute atomic E-state index is 6.53. The molecule has 2 rings (SSSR count). The number of benzene rings is 2. The minimum Gasteiger partial charge on any atom is -0.113 e. The lowest BCUT2D eigenvalue weighted by atomic mass is 9.86. The van der Waals surface area contributed by atoms with Gasteiger partial charge in [0, 0.05) is 10.0 Å². The lowest BCUT2D eigenvalue weighted by Crippen LogP contribution is -2.10. The third-order valence-corrected chi connectivity index (χ3v) is 4.37. The summed E-state index contributed by atoms with van der Waals surface area (Å²) in [4.78, 5) is 0. The molecule has 0 aromatic heterocycles. The zero-order valence-corrected chi connectivity index (χ0v) is 14.0. The first-order valence-corrected chi connectivity index (χ1v) is 7.68. The summed E-state index contributed by atoms with van der Waals surface area (Å²) in [7, 11) is 0. The molecule has 0 spiro atoms. The van der Waals surface area contributed by atoms with Crippen LogP contribution in [0.1, 0.15) is 42.8 Å². The van der Waals surface area contributed by atoms with Crippen molar-refractivity contribution in [3.05, 3.63) is 69.2 Å². The molecule has 0 radical (unpaired) electrons. The molecule has 0 fully saturated rings. The van der Waals surface area contributed by atoms with E-state index < -0.39 is 0 Å². The molecule has 20 heavy (non-hydrogen) atoms. The molecule has 0 amide bonds. The van der Waals surface area contributed by atoms with Gasteiger partial charge in [-0.05, 0) is 40.3 Å². The Morgan fingerprint density at radius 3 is 2.05 bits per heavy atom. The monoisotopic (exact) mass is 326 g/mol. The summed E-state index contributed by atoms with van der Waals surface area (Å²) in [6, 6.07) is 13.7. The summed E-state index contributed by atoms with van der Waals surface area (Å²) >= 11 is 18.8. The van der Waals surface area contributed by atoms with Gasteiger partial charge in [-0.3, -0.25) is 0 Å². The molecule has 2 aromatic rings. The molecule has 2 aromatic carbocycles. The molecule has 0 saturated carbocycles. The Balaban J connectivity index is 2.34. The van der Waals surface area contributed by atoms with E-state index in [0.29, 0.717) is 10.0 Å². The van der Waals surface area contributed by atoms with Crippen LogP contribution in [0.5, 0.6) is 0 Å². The smallest absolute Gasteiger partial charge is 0.0850 e. The number of rotatable bonds is 2. The number of halogens is 3. The maximum Gasteiger partial charge on any atom is 0.0850 e. The predicted octanol–water partition coefficient (Wildman–Crippen LogP) is 6.62. The fraction of sp³-hybridized carbons (Fsp3) is 0.294. The highest BCUT2D eigenvalue weighted by Crippen LogP contribution is 2.36. The molecule has 0 aliphatic carbocycles. The molecule has 106 valence electrons. The minimum absolute atomic E-state index is 0.133. The van der Waals surface area contributed by atoms with Gasteiger partial charge in [0.05, 0.1) is 5.38 Å². The average molecular weight is 328 g/mol. The van der Waals surface area contributed by atoms with E-state index >= 15 is 0 Å². The highest BCUT2D eigenvalue weighted by Gasteiger charge is 2.17. The van der Waals surface area contributed by atoms with Gasteiger partial charge < -0.3 is 0 Å². The quantitative estimate of drug-likeness (QED) is 0.544. The summed E-state index contributed by atoms with van der Waals surface area (Å²) in [5.74, 6) is 0. The average Bonchev–Trinajstić information content (AvgIpc) is 2.40. The van der Waals surface area contributed by atoms with Crippen LogP contribution in [-0.4, -0.2) is 0 Å².